The van der Waals surface area contributed by atoms with Crippen LogP contribution in [-0.4, -0.2) is 11.2 Å². The summed E-state index contributed by atoms with van der Waals surface area (Å²) in [6.07, 6.45) is 3.37. The van der Waals surface area contributed by atoms with Crippen LogP contribution in [0, 0.1) is 6.92 Å². The van der Waals surface area contributed by atoms with E-state index in [4.69, 9.17) is 0 Å². The number of rotatable bonds is 2. The van der Waals surface area contributed by atoms with Gasteiger partial charge in [0.15, 0.2) is 0 Å². The number of hydrogen-bond acceptors (Lipinski definition) is 3. The van der Waals surface area contributed by atoms with Crippen LogP contribution in [0.4, 0.5) is 0 Å². The maximum absolute atomic E-state index is 10.5. The van der Waals surface area contributed by atoms with Crippen molar-refractivity contribution < 1.29 is 9.90 Å². The molecule has 1 aromatic rings. The van der Waals surface area contributed by atoms with Gasteiger partial charge in [0.2, 0.25) is 6.08 Å². The molecule has 3 nitrogen and oxygen atoms in total. The number of phenols is 1. The van der Waals surface area contributed by atoms with Crippen molar-refractivity contribution in [3.05, 3.63) is 28.8 Å². The zero-order chi connectivity index (χ0) is 13.6. The Hall–Kier alpha value is -1.60. The highest BCUT2D eigenvalue weighted by atomic mass is 16.3. The summed E-state index contributed by atoms with van der Waals surface area (Å²) in [4.78, 5) is 14.4. The van der Waals surface area contributed by atoms with Crippen molar-refractivity contribution in [1.82, 2.24) is 0 Å². The molecule has 1 aliphatic carbocycles. The molecule has 1 aromatic carbocycles. The Kier molecular flexibility index (Phi) is 2.83. The fourth-order valence-corrected chi connectivity index (χ4v) is 2.45. The molecule has 0 saturated heterocycles. The number of aliphatic imine (C=N–C) groups is 1. The van der Waals surface area contributed by atoms with Crippen LogP contribution in [0.3, 0.4) is 0 Å². The molecular formula is C15H19NO2. The maximum atomic E-state index is 10.5. The molecule has 0 heterocycles. The lowest BCUT2D eigenvalue weighted by Crippen LogP contribution is -2.14. The summed E-state index contributed by atoms with van der Waals surface area (Å²) in [5, 5.41) is 10.2. The second kappa shape index (κ2) is 3.96. The van der Waals surface area contributed by atoms with E-state index in [2.05, 4.69) is 25.8 Å². The highest BCUT2D eigenvalue weighted by Gasteiger charge is 2.46. The lowest BCUT2D eigenvalue weighted by molar-refractivity contribution is 0.444. The van der Waals surface area contributed by atoms with Gasteiger partial charge in [-0.25, -0.2) is 4.79 Å². The van der Waals surface area contributed by atoms with Gasteiger partial charge in [-0.1, -0.05) is 26.8 Å². The first-order valence-corrected chi connectivity index (χ1v) is 6.24. The van der Waals surface area contributed by atoms with Gasteiger partial charge in [-0.15, -0.1) is 0 Å². The first kappa shape index (κ1) is 12.8. The van der Waals surface area contributed by atoms with Crippen molar-refractivity contribution in [3.63, 3.8) is 0 Å². The lowest BCUT2D eigenvalue weighted by atomic mass is 9.83. The minimum Gasteiger partial charge on any atom is -0.508 e. The van der Waals surface area contributed by atoms with E-state index in [1.807, 2.05) is 13.0 Å². The molecule has 96 valence electrons. The highest BCUT2D eigenvalue weighted by molar-refractivity contribution is 5.51. The van der Waals surface area contributed by atoms with Crippen LogP contribution < -0.4 is 0 Å². The van der Waals surface area contributed by atoms with Crippen molar-refractivity contribution in [2.45, 2.75) is 51.5 Å². The van der Waals surface area contributed by atoms with E-state index >= 15 is 0 Å². The van der Waals surface area contributed by atoms with E-state index in [-0.39, 0.29) is 11.2 Å². The molecule has 0 amide bonds. The van der Waals surface area contributed by atoms with Crippen LogP contribution in [-0.2, 0) is 15.7 Å². The number of phenolic OH excluding ortho intramolecular Hbond substituents is 1. The van der Waals surface area contributed by atoms with Crippen molar-refractivity contribution in [1.29, 1.82) is 0 Å². The van der Waals surface area contributed by atoms with Gasteiger partial charge >= 0.3 is 0 Å². The number of carbonyl (C=O) groups excluding carboxylic acids is 1. The molecule has 0 atom stereocenters. The Labute approximate surface area is 108 Å². The highest BCUT2D eigenvalue weighted by Crippen LogP contribution is 2.51. The molecule has 3 heteroatoms. The lowest BCUT2D eigenvalue weighted by Gasteiger charge is -2.23. The predicted molar refractivity (Wildman–Crippen MR) is 70.6 cm³/mol. The van der Waals surface area contributed by atoms with Gasteiger partial charge < -0.3 is 5.11 Å². The third-order valence-electron chi connectivity index (χ3n) is 3.64. The van der Waals surface area contributed by atoms with Crippen LogP contribution in [0.15, 0.2) is 17.1 Å². The molecule has 1 aliphatic rings. The largest absolute Gasteiger partial charge is 0.508 e. The molecule has 0 unspecified atom stereocenters. The first-order chi connectivity index (χ1) is 8.30. The summed E-state index contributed by atoms with van der Waals surface area (Å²) in [6, 6.07) is 3.77. The van der Waals surface area contributed by atoms with Crippen LogP contribution in [0.1, 0.15) is 50.3 Å². The number of isocyanates is 1. The normalized spacial score (nSPS) is 17.1. The minimum absolute atomic E-state index is 0.0992. The molecule has 0 aliphatic heterocycles. The van der Waals surface area contributed by atoms with E-state index in [9.17, 15) is 9.90 Å². The van der Waals surface area contributed by atoms with Crippen LogP contribution >= 0.6 is 0 Å². The van der Waals surface area contributed by atoms with E-state index in [1.165, 1.54) is 0 Å². The summed E-state index contributed by atoms with van der Waals surface area (Å²) in [6.45, 7) is 8.21. The Morgan fingerprint density at radius 3 is 2.39 bits per heavy atom. The summed E-state index contributed by atoms with van der Waals surface area (Å²) < 4.78 is 0. The summed E-state index contributed by atoms with van der Waals surface area (Å²) >= 11 is 0. The molecular weight excluding hydrogens is 226 g/mol. The van der Waals surface area contributed by atoms with Gasteiger partial charge in [-0.3, -0.25) is 0 Å². The van der Waals surface area contributed by atoms with Gasteiger partial charge in [0.25, 0.3) is 0 Å². The quantitative estimate of drug-likeness (QED) is 0.642. The van der Waals surface area contributed by atoms with Crippen molar-refractivity contribution in [2.24, 2.45) is 4.99 Å². The van der Waals surface area contributed by atoms with Gasteiger partial charge in [0.1, 0.15) is 5.75 Å². The molecule has 0 radical (unpaired) electrons. The zero-order valence-electron chi connectivity index (χ0n) is 11.4. The Bertz CT molecular complexity index is 530. The fourth-order valence-electron chi connectivity index (χ4n) is 2.45. The standard InChI is InChI=1S/C15H19NO2/c1-10-7-12(14(2,3)4)13(18)8-11(10)15(5-6-15)16-9-17/h7-8,18H,5-6H2,1-4H3. The van der Waals surface area contributed by atoms with E-state index < -0.39 is 5.54 Å². The average Bonchev–Trinajstić information content (AvgIpc) is 3.01. The molecule has 0 bridgehead atoms. The van der Waals surface area contributed by atoms with Crippen LogP contribution in [0.2, 0.25) is 0 Å². The monoisotopic (exact) mass is 245 g/mol. The first-order valence-electron chi connectivity index (χ1n) is 6.24. The molecule has 18 heavy (non-hydrogen) atoms. The third kappa shape index (κ3) is 2.06. The zero-order valence-corrected chi connectivity index (χ0v) is 11.4. The Balaban J connectivity index is 2.54. The molecule has 1 saturated carbocycles. The topological polar surface area (TPSA) is 49.7 Å². The van der Waals surface area contributed by atoms with E-state index in [1.54, 1.807) is 12.1 Å². The second-order valence-electron chi connectivity index (χ2n) is 6.17. The van der Waals surface area contributed by atoms with Gasteiger partial charge in [-0.2, -0.15) is 4.99 Å². The third-order valence-corrected chi connectivity index (χ3v) is 3.64. The molecule has 1 N–H and O–H groups in total. The molecule has 2 rings (SSSR count). The van der Waals surface area contributed by atoms with Crippen molar-refractivity contribution in [2.75, 3.05) is 0 Å². The number of benzene rings is 1. The number of nitrogens with zero attached hydrogens (tertiary/aromatic N) is 1. The predicted octanol–water partition coefficient (Wildman–Crippen LogP) is 3.32. The van der Waals surface area contributed by atoms with E-state index in [0.717, 1.165) is 29.5 Å². The smallest absolute Gasteiger partial charge is 0.235 e. The number of aromatic hydroxyl groups is 1. The molecule has 0 aromatic heterocycles. The summed E-state index contributed by atoms with van der Waals surface area (Å²) in [5.41, 5.74) is 2.44. The SMILES string of the molecule is Cc1cc(C(C)(C)C)c(O)cc1C1(N=C=O)CC1. The maximum Gasteiger partial charge on any atom is 0.235 e. The van der Waals surface area contributed by atoms with E-state index in [0.29, 0.717) is 0 Å². The minimum atomic E-state index is -0.417. The fraction of sp³-hybridized carbons (Fsp3) is 0.533. The van der Waals surface area contributed by atoms with Crippen LogP contribution in [0.5, 0.6) is 5.75 Å². The second-order valence-corrected chi connectivity index (χ2v) is 6.17. The van der Waals surface area contributed by atoms with Crippen molar-refractivity contribution >= 4 is 6.08 Å². The molecule has 1 fully saturated rings. The summed E-state index contributed by atoms with van der Waals surface area (Å²) in [5.74, 6) is 0.287. The number of aryl methyl sites for hydroxylation is 1. The Morgan fingerprint density at radius 1 is 1.33 bits per heavy atom. The van der Waals surface area contributed by atoms with Gasteiger partial charge in [-0.05, 0) is 47.9 Å². The average molecular weight is 245 g/mol. The Morgan fingerprint density at radius 2 is 1.94 bits per heavy atom. The van der Waals surface area contributed by atoms with Crippen LogP contribution in [0.25, 0.3) is 0 Å². The van der Waals surface area contributed by atoms with Gasteiger partial charge in [0.05, 0.1) is 5.54 Å². The summed E-state index contributed by atoms with van der Waals surface area (Å²) in [7, 11) is 0. The van der Waals surface area contributed by atoms with Gasteiger partial charge in [0, 0.05) is 0 Å². The molecule has 0 spiro atoms. The number of hydrogen-bond donors (Lipinski definition) is 1. The van der Waals surface area contributed by atoms with Crippen molar-refractivity contribution in [3.8, 4) is 5.75 Å².